The molecule has 4 rings (SSSR count). The molecular weight excluding hydrogens is 338 g/mol. The van der Waals surface area contributed by atoms with Crippen molar-refractivity contribution >= 4 is 17.2 Å². The first-order valence-corrected chi connectivity index (χ1v) is 8.04. The van der Waals surface area contributed by atoms with Crippen LogP contribution in [0.3, 0.4) is 0 Å². The van der Waals surface area contributed by atoms with E-state index in [0.29, 0.717) is 10.7 Å². The van der Waals surface area contributed by atoms with E-state index in [0.717, 1.165) is 22.7 Å². The number of aromatic nitrogens is 3. The van der Waals surface area contributed by atoms with E-state index >= 15 is 0 Å². The zero-order valence-electron chi connectivity index (χ0n) is 13.4. The van der Waals surface area contributed by atoms with E-state index in [1.807, 2.05) is 36.7 Å². The summed E-state index contributed by atoms with van der Waals surface area (Å²) in [7, 11) is 1.62. The number of ether oxygens (including phenoxy) is 1. The lowest BCUT2D eigenvalue weighted by atomic mass is 10.2. The maximum Gasteiger partial charge on any atom is 0.298 e. The van der Waals surface area contributed by atoms with Gasteiger partial charge in [-0.1, -0.05) is 11.6 Å². The highest BCUT2D eigenvalue weighted by atomic mass is 35.5. The van der Waals surface area contributed by atoms with Gasteiger partial charge in [-0.3, -0.25) is 9.36 Å². The van der Waals surface area contributed by atoms with Crippen LogP contribution in [-0.2, 0) is 0 Å². The first-order valence-electron chi connectivity index (χ1n) is 7.66. The third-order valence-electron chi connectivity index (χ3n) is 4.01. The van der Waals surface area contributed by atoms with Crippen molar-refractivity contribution in [2.75, 3.05) is 7.11 Å². The molecule has 25 heavy (non-hydrogen) atoms. The number of halogens is 1. The monoisotopic (exact) mass is 351 g/mol. The van der Waals surface area contributed by atoms with Crippen LogP contribution < -0.4 is 10.3 Å². The van der Waals surface area contributed by atoms with Gasteiger partial charge >= 0.3 is 0 Å². The molecule has 0 amide bonds. The molecule has 0 radical (unpaired) electrons. The lowest BCUT2D eigenvalue weighted by Crippen LogP contribution is -2.19. The molecule has 2 aromatic heterocycles. The number of rotatable bonds is 3. The van der Waals surface area contributed by atoms with Gasteiger partial charge in [0.05, 0.1) is 12.8 Å². The van der Waals surface area contributed by atoms with Gasteiger partial charge in [-0.2, -0.15) is 0 Å². The summed E-state index contributed by atoms with van der Waals surface area (Å²) in [6.45, 7) is 0. The van der Waals surface area contributed by atoms with Crippen LogP contribution in [0.4, 0.5) is 0 Å². The van der Waals surface area contributed by atoms with Crippen LogP contribution in [0, 0.1) is 0 Å². The van der Waals surface area contributed by atoms with Crippen LogP contribution >= 0.6 is 11.6 Å². The Morgan fingerprint density at radius 1 is 1.00 bits per heavy atom. The maximum absolute atomic E-state index is 12.8. The quantitative estimate of drug-likeness (QED) is 0.564. The summed E-state index contributed by atoms with van der Waals surface area (Å²) < 4.78 is 8.45. The molecule has 0 unspecified atom stereocenters. The van der Waals surface area contributed by atoms with Crippen molar-refractivity contribution in [3.05, 3.63) is 82.5 Å². The van der Waals surface area contributed by atoms with E-state index in [-0.39, 0.29) is 5.56 Å². The molecular formula is C19H14ClN3O2. The third-order valence-corrected chi connectivity index (χ3v) is 4.26. The molecule has 0 saturated carbocycles. The Balaban J connectivity index is 1.82. The second kappa shape index (κ2) is 6.11. The highest BCUT2D eigenvalue weighted by molar-refractivity contribution is 6.30. The summed E-state index contributed by atoms with van der Waals surface area (Å²) in [6, 6.07) is 14.7. The Kier molecular flexibility index (Phi) is 3.78. The predicted molar refractivity (Wildman–Crippen MR) is 97.8 cm³/mol. The zero-order chi connectivity index (χ0) is 17.4. The number of hydrogen-bond donors (Lipinski definition) is 0. The fourth-order valence-electron chi connectivity index (χ4n) is 2.69. The Bertz CT molecular complexity index is 1100. The summed E-state index contributed by atoms with van der Waals surface area (Å²) >= 11 is 5.91. The Morgan fingerprint density at radius 3 is 2.40 bits per heavy atom. The van der Waals surface area contributed by atoms with E-state index in [1.165, 1.54) is 0 Å². The van der Waals surface area contributed by atoms with Crippen molar-refractivity contribution in [2.45, 2.75) is 0 Å². The summed E-state index contributed by atoms with van der Waals surface area (Å²) in [5.41, 5.74) is 2.56. The van der Waals surface area contributed by atoms with Crippen molar-refractivity contribution in [1.82, 2.24) is 14.0 Å². The minimum Gasteiger partial charge on any atom is -0.497 e. The van der Waals surface area contributed by atoms with Crippen molar-refractivity contribution in [1.29, 1.82) is 0 Å². The van der Waals surface area contributed by atoms with Gasteiger partial charge in [0.2, 0.25) is 5.65 Å². The van der Waals surface area contributed by atoms with Gasteiger partial charge in [-0.15, -0.1) is 0 Å². The highest BCUT2D eigenvalue weighted by Gasteiger charge is 2.10. The summed E-state index contributed by atoms with van der Waals surface area (Å²) in [6.07, 6.45) is 5.37. The summed E-state index contributed by atoms with van der Waals surface area (Å²) in [5, 5.41) is 0.625. The second-order valence-corrected chi connectivity index (χ2v) is 5.97. The lowest BCUT2D eigenvalue weighted by Gasteiger charge is -2.05. The SMILES string of the molecule is COc1ccc(-c2cn3ccn(-c4ccc(Cl)cc4)c(=O)c3n2)cc1. The van der Waals surface area contributed by atoms with Crippen molar-refractivity contribution in [3.8, 4) is 22.7 Å². The Morgan fingerprint density at radius 2 is 1.72 bits per heavy atom. The van der Waals surface area contributed by atoms with E-state index in [1.54, 1.807) is 46.5 Å². The minimum atomic E-state index is -0.190. The third kappa shape index (κ3) is 2.79. The summed E-state index contributed by atoms with van der Waals surface area (Å²) in [4.78, 5) is 17.3. The van der Waals surface area contributed by atoms with Crippen LogP contribution in [0.5, 0.6) is 5.75 Å². The van der Waals surface area contributed by atoms with Crippen LogP contribution in [-0.4, -0.2) is 21.1 Å². The van der Waals surface area contributed by atoms with Gasteiger partial charge in [0.1, 0.15) is 5.75 Å². The van der Waals surface area contributed by atoms with Gasteiger partial charge in [0.15, 0.2) is 0 Å². The molecule has 0 atom stereocenters. The molecule has 0 aliphatic rings. The van der Waals surface area contributed by atoms with E-state index in [4.69, 9.17) is 16.3 Å². The Labute approximate surface area is 148 Å². The van der Waals surface area contributed by atoms with Gasteiger partial charge in [0, 0.05) is 34.9 Å². The lowest BCUT2D eigenvalue weighted by molar-refractivity contribution is 0.415. The topological polar surface area (TPSA) is 48.5 Å². The first-order chi connectivity index (χ1) is 12.2. The molecule has 5 nitrogen and oxygen atoms in total. The van der Waals surface area contributed by atoms with Crippen LogP contribution in [0.2, 0.25) is 5.02 Å². The van der Waals surface area contributed by atoms with E-state index in [9.17, 15) is 4.79 Å². The Hall–Kier alpha value is -3.05. The van der Waals surface area contributed by atoms with Gasteiger partial charge in [-0.25, -0.2) is 4.98 Å². The second-order valence-electron chi connectivity index (χ2n) is 5.54. The van der Waals surface area contributed by atoms with Crippen LogP contribution in [0.15, 0.2) is 71.9 Å². The zero-order valence-corrected chi connectivity index (χ0v) is 14.1. The molecule has 0 aliphatic carbocycles. The number of methoxy groups -OCH3 is 1. The largest absolute Gasteiger partial charge is 0.497 e. The van der Waals surface area contributed by atoms with Gasteiger partial charge in [0.25, 0.3) is 5.56 Å². The van der Waals surface area contributed by atoms with Gasteiger partial charge < -0.3 is 9.14 Å². The molecule has 0 aliphatic heterocycles. The fraction of sp³-hybridized carbons (Fsp3) is 0.0526. The number of benzene rings is 2. The molecule has 0 fully saturated rings. The normalized spacial score (nSPS) is 11.0. The number of imidazole rings is 1. The van der Waals surface area contributed by atoms with Crippen molar-refractivity contribution in [2.24, 2.45) is 0 Å². The average Bonchev–Trinajstić information content (AvgIpc) is 3.08. The maximum atomic E-state index is 12.8. The van der Waals surface area contributed by atoms with Crippen LogP contribution in [0.1, 0.15) is 0 Å². The number of nitrogens with zero attached hydrogens (tertiary/aromatic N) is 3. The summed E-state index contributed by atoms with van der Waals surface area (Å²) in [5.74, 6) is 0.776. The molecule has 0 spiro atoms. The fourth-order valence-corrected chi connectivity index (χ4v) is 2.81. The molecule has 6 heteroatoms. The van der Waals surface area contributed by atoms with Crippen molar-refractivity contribution in [3.63, 3.8) is 0 Å². The number of hydrogen-bond acceptors (Lipinski definition) is 3. The van der Waals surface area contributed by atoms with Crippen molar-refractivity contribution < 1.29 is 4.74 Å². The molecule has 0 saturated heterocycles. The molecule has 0 N–H and O–H groups in total. The van der Waals surface area contributed by atoms with E-state index in [2.05, 4.69) is 4.98 Å². The molecule has 4 aromatic rings. The van der Waals surface area contributed by atoms with E-state index < -0.39 is 0 Å². The standard InChI is InChI=1S/C19H14ClN3O2/c1-25-16-8-2-13(3-9-16)17-12-22-10-11-23(19(24)18(22)21-17)15-6-4-14(20)5-7-15/h2-12H,1H3. The molecule has 2 aromatic carbocycles. The average molecular weight is 352 g/mol. The number of fused-ring (bicyclic) bond motifs is 1. The van der Waals surface area contributed by atoms with Gasteiger partial charge in [-0.05, 0) is 48.5 Å². The minimum absolute atomic E-state index is 0.190. The smallest absolute Gasteiger partial charge is 0.298 e. The first kappa shape index (κ1) is 15.5. The molecule has 2 heterocycles. The predicted octanol–water partition coefficient (Wildman–Crippen LogP) is 3.81. The highest BCUT2D eigenvalue weighted by Crippen LogP contribution is 2.21. The molecule has 0 bridgehead atoms. The van der Waals surface area contributed by atoms with Crippen LogP contribution in [0.25, 0.3) is 22.6 Å². The molecule has 124 valence electrons.